The summed E-state index contributed by atoms with van der Waals surface area (Å²) in [5.74, 6) is -0.544. The zero-order valence-electron chi connectivity index (χ0n) is 11.7. The van der Waals surface area contributed by atoms with Gasteiger partial charge < -0.3 is 5.32 Å². The quantitative estimate of drug-likeness (QED) is 0.814. The van der Waals surface area contributed by atoms with Crippen LogP contribution < -0.4 is 10.0 Å². The predicted molar refractivity (Wildman–Crippen MR) is 94.3 cm³/mol. The first-order valence-electron chi connectivity index (χ1n) is 6.19. The Morgan fingerprint density at radius 1 is 1.00 bits per heavy atom. The molecule has 0 saturated carbocycles. The van der Waals surface area contributed by atoms with Gasteiger partial charge >= 0.3 is 0 Å². The second-order valence-electron chi connectivity index (χ2n) is 4.65. The second kappa shape index (κ2) is 6.97. The van der Waals surface area contributed by atoms with Crippen molar-refractivity contribution in [3.8, 4) is 0 Å². The topological polar surface area (TPSA) is 75.3 Å². The van der Waals surface area contributed by atoms with Crippen LogP contribution in [0.4, 0.5) is 11.4 Å². The fraction of sp³-hybridized carbons (Fsp3) is 0.0714. The molecule has 1 amide bonds. The maximum Gasteiger partial charge on any atom is 0.257 e. The molecule has 0 aliphatic carbocycles. The highest BCUT2D eigenvalue weighted by Crippen LogP contribution is 2.27. The number of hydrogen-bond acceptors (Lipinski definition) is 3. The lowest BCUT2D eigenvalue weighted by atomic mass is 10.1. The lowest BCUT2D eigenvalue weighted by Crippen LogP contribution is -2.17. The van der Waals surface area contributed by atoms with Gasteiger partial charge in [0.1, 0.15) is 0 Å². The van der Waals surface area contributed by atoms with Crippen LogP contribution in [0.1, 0.15) is 10.4 Å². The Morgan fingerprint density at radius 2 is 1.70 bits per heavy atom. The number of nitrogens with one attached hydrogen (secondary N) is 2. The standard InChI is InChI=1S/C14H11Cl3N2O3S/c1-23(21,22)19-13-5-2-8(15)6-10(13)14(20)18-9-3-4-11(16)12(17)7-9/h2-7,19H,1H3,(H,18,20). The van der Waals surface area contributed by atoms with E-state index < -0.39 is 15.9 Å². The third kappa shape index (κ3) is 5.00. The largest absolute Gasteiger partial charge is 0.322 e. The lowest BCUT2D eigenvalue weighted by molar-refractivity contribution is 0.102. The summed E-state index contributed by atoms with van der Waals surface area (Å²) in [7, 11) is -3.54. The number of sulfonamides is 1. The fourth-order valence-corrected chi connectivity index (χ4v) is 2.81. The normalized spacial score (nSPS) is 11.1. The molecule has 0 radical (unpaired) electrons. The van der Waals surface area contributed by atoms with Crippen LogP contribution in [0.2, 0.25) is 15.1 Å². The van der Waals surface area contributed by atoms with Gasteiger partial charge in [0, 0.05) is 10.7 Å². The summed E-state index contributed by atoms with van der Waals surface area (Å²) >= 11 is 17.6. The summed E-state index contributed by atoms with van der Waals surface area (Å²) in [4.78, 5) is 12.4. The summed E-state index contributed by atoms with van der Waals surface area (Å²) in [6.45, 7) is 0. The highest BCUT2D eigenvalue weighted by atomic mass is 35.5. The number of amides is 1. The molecule has 0 fully saturated rings. The monoisotopic (exact) mass is 392 g/mol. The maximum atomic E-state index is 12.4. The highest BCUT2D eigenvalue weighted by Gasteiger charge is 2.15. The van der Waals surface area contributed by atoms with E-state index in [1.54, 1.807) is 6.07 Å². The molecule has 0 unspecified atom stereocenters. The first-order chi connectivity index (χ1) is 10.7. The Bertz CT molecular complexity index is 870. The van der Waals surface area contributed by atoms with Crippen LogP contribution in [0.5, 0.6) is 0 Å². The van der Waals surface area contributed by atoms with E-state index in [2.05, 4.69) is 10.0 Å². The van der Waals surface area contributed by atoms with Gasteiger partial charge in [0.15, 0.2) is 0 Å². The third-order valence-electron chi connectivity index (χ3n) is 2.70. The van der Waals surface area contributed by atoms with E-state index in [0.29, 0.717) is 15.7 Å². The molecular formula is C14H11Cl3N2O3S. The predicted octanol–water partition coefficient (Wildman–Crippen LogP) is 4.27. The van der Waals surface area contributed by atoms with Gasteiger partial charge in [0.05, 0.1) is 27.6 Å². The van der Waals surface area contributed by atoms with Gasteiger partial charge in [-0.25, -0.2) is 8.42 Å². The number of carbonyl (C=O) groups is 1. The number of carbonyl (C=O) groups excluding carboxylic acids is 1. The minimum absolute atomic E-state index is 0.0778. The van der Waals surface area contributed by atoms with E-state index in [1.165, 1.54) is 30.3 Å². The molecule has 23 heavy (non-hydrogen) atoms. The molecule has 0 spiro atoms. The van der Waals surface area contributed by atoms with E-state index in [4.69, 9.17) is 34.8 Å². The van der Waals surface area contributed by atoms with E-state index in [1.807, 2.05) is 0 Å². The van der Waals surface area contributed by atoms with Gasteiger partial charge in [-0.3, -0.25) is 9.52 Å². The summed E-state index contributed by atoms with van der Waals surface area (Å²) in [6.07, 6.45) is 0.988. The van der Waals surface area contributed by atoms with Gasteiger partial charge in [0.2, 0.25) is 10.0 Å². The Kier molecular flexibility index (Phi) is 5.41. The van der Waals surface area contributed by atoms with Crippen LogP contribution in [0, 0.1) is 0 Å². The summed E-state index contributed by atoms with van der Waals surface area (Å²) in [6, 6.07) is 8.84. The van der Waals surface area contributed by atoms with Gasteiger partial charge in [-0.2, -0.15) is 0 Å². The van der Waals surface area contributed by atoms with Crippen molar-refractivity contribution >= 4 is 62.1 Å². The van der Waals surface area contributed by atoms with Gasteiger partial charge in [-0.1, -0.05) is 34.8 Å². The molecule has 0 saturated heterocycles. The highest BCUT2D eigenvalue weighted by molar-refractivity contribution is 7.92. The van der Waals surface area contributed by atoms with E-state index in [9.17, 15) is 13.2 Å². The van der Waals surface area contributed by atoms with E-state index in [-0.39, 0.29) is 16.3 Å². The van der Waals surface area contributed by atoms with Gasteiger partial charge in [-0.05, 0) is 36.4 Å². The van der Waals surface area contributed by atoms with Gasteiger partial charge in [0.25, 0.3) is 5.91 Å². The summed E-state index contributed by atoms with van der Waals surface area (Å²) in [5.41, 5.74) is 0.609. The van der Waals surface area contributed by atoms with Crippen molar-refractivity contribution in [2.45, 2.75) is 0 Å². The van der Waals surface area contributed by atoms with Crippen LogP contribution in [-0.2, 0) is 10.0 Å². The average molecular weight is 394 g/mol. The SMILES string of the molecule is CS(=O)(=O)Nc1ccc(Cl)cc1C(=O)Nc1ccc(Cl)c(Cl)c1. The molecular weight excluding hydrogens is 383 g/mol. The van der Waals surface area contributed by atoms with E-state index in [0.717, 1.165) is 6.26 Å². The molecule has 0 aliphatic rings. The molecule has 0 aromatic heterocycles. The molecule has 0 bridgehead atoms. The summed E-state index contributed by atoms with van der Waals surface area (Å²) in [5, 5.41) is 3.53. The van der Waals surface area contributed by atoms with E-state index >= 15 is 0 Å². The zero-order chi connectivity index (χ0) is 17.2. The minimum Gasteiger partial charge on any atom is -0.322 e. The Hall–Kier alpha value is -1.47. The molecule has 5 nitrogen and oxygen atoms in total. The number of benzene rings is 2. The van der Waals surface area contributed by atoms with Crippen molar-refractivity contribution in [2.24, 2.45) is 0 Å². The number of halogens is 3. The molecule has 9 heteroatoms. The molecule has 2 aromatic carbocycles. The van der Waals surface area contributed by atoms with Crippen molar-refractivity contribution in [1.29, 1.82) is 0 Å². The molecule has 2 N–H and O–H groups in total. The molecule has 0 atom stereocenters. The number of rotatable bonds is 4. The lowest BCUT2D eigenvalue weighted by Gasteiger charge is -2.12. The first-order valence-corrected chi connectivity index (χ1v) is 9.22. The van der Waals surface area contributed by atoms with Crippen molar-refractivity contribution in [3.63, 3.8) is 0 Å². The van der Waals surface area contributed by atoms with Gasteiger partial charge in [-0.15, -0.1) is 0 Å². The molecule has 2 aromatic rings. The van der Waals surface area contributed by atoms with Crippen LogP contribution >= 0.6 is 34.8 Å². The smallest absolute Gasteiger partial charge is 0.257 e. The van der Waals surface area contributed by atoms with Crippen LogP contribution in [0.3, 0.4) is 0 Å². The first kappa shape index (κ1) is 17.9. The third-order valence-corrected chi connectivity index (χ3v) is 4.26. The maximum absolute atomic E-state index is 12.4. The Labute approximate surface area is 148 Å². The van der Waals surface area contributed by atoms with Crippen LogP contribution in [0.25, 0.3) is 0 Å². The zero-order valence-corrected chi connectivity index (χ0v) is 14.8. The van der Waals surface area contributed by atoms with Crippen LogP contribution in [-0.4, -0.2) is 20.6 Å². The van der Waals surface area contributed by atoms with Crippen molar-refractivity contribution < 1.29 is 13.2 Å². The van der Waals surface area contributed by atoms with Crippen molar-refractivity contribution in [2.75, 3.05) is 16.3 Å². The Balaban J connectivity index is 2.34. The number of anilines is 2. The average Bonchev–Trinajstić information content (AvgIpc) is 2.43. The minimum atomic E-state index is -3.54. The van der Waals surface area contributed by atoms with Crippen molar-refractivity contribution in [1.82, 2.24) is 0 Å². The fourth-order valence-electron chi connectivity index (χ4n) is 1.77. The molecule has 122 valence electrons. The molecule has 0 heterocycles. The van der Waals surface area contributed by atoms with Crippen LogP contribution in [0.15, 0.2) is 36.4 Å². The molecule has 0 aliphatic heterocycles. The Morgan fingerprint density at radius 3 is 2.30 bits per heavy atom. The van der Waals surface area contributed by atoms with Crippen molar-refractivity contribution in [3.05, 3.63) is 57.0 Å². The second-order valence-corrected chi connectivity index (χ2v) is 7.65. The number of hydrogen-bond donors (Lipinski definition) is 2. The molecule has 2 rings (SSSR count). The summed E-state index contributed by atoms with van der Waals surface area (Å²) < 4.78 is 25.1.